The summed E-state index contributed by atoms with van der Waals surface area (Å²) in [6.45, 7) is -0.729. The first-order valence-corrected chi connectivity index (χ1v) is 3.32. The molecule has 1 aromatic carbocycles. The van der Waals surface area contributed by atoms with E-state index in [1.165, 1.54) is 0 Å². The second-order valence-electron chi connectivity index (χ2n) is 2.19. The highest BCUT2D eigenvalue weighted by molar-refractivity contribution is 5.18. The lowest BCUT2D eigenvalue weighted by molar-refractivity contribution is 0.437. The summed E-state index contributed by atoms with van der Waals surface area (Å²) in [5.41, 5.74) is 0.630. The molecule has 0 radical (unpaired) electrons. The fourth-order valence-electron chi connectivity index (χ4n) is 0.853. The molecule has 1 atom stereocenters. The molecule has 2 nitrogen and oxygen atoms in total. The minimum atomic E-state index is -0.837. The van der Waals surface area contributed by atoms with E-state index >= 15 is 0 Å². The van der Waals surface area contributed by atoms with Crippen molar-refractivity contribution < 1.29 is 4.39 Å². The van der Waals surface area contributed by atoms with Crippen molar-refractivity contribution in [2.24, 2.45) is 5.18 Å². The van der Waals surface area contributed by atoms with E-state index in [1.807, 2.05) is 6.07 Å². The smallest absolute Gasteiger partial charge is 0.145 e. The predicted molar refractivity (Wildman–Crippen MR) is 41.0 cm³/mol. The Bertz CT molecular complexity index is 225. The number of rotatable bonds is 3. The van der Waals surface area contributed by atoms with Crippen molar-refractivity contribution in [1.82, 2.24) is 0 Å². The molecule has 0 N–H and O–H groups in total. The third-order valence-corrected chi connectivity index (χ3v) is 1.46. The fourth-order valence-corrected chi connectivity index (χ4v) is 0.853. The Morgan fingerprint density at radius 1 is 1.36 bits per heavy atom. The Labute approximate surface area is 64.0 Å². The Morgan fingerprint density at radius 3 is 2.45 bits per heavy atom. The van der Waals surface area contributed by atoms with Crippen molar-refractivity contribution in [2.45, 2.75) is 6.04 Å². The largest absolute Gasteiger partial charge is 0.248 e. The fraction of sp³-hybridized carbons (Fsp3) is 0.250. The van der Waals surface area contributed by atoms with Crippen LogP contribution in [0.4, 0.5) is 4.39 Å². The summed E-state index contributed by atoms with van der Waals surface area (Å²) in [5.74, 6) is 0. The Morgan fingerprint density at radius 2 is 2.00 bits per heavy atom. The monoisotopic (exact) mass is 153 g/mol. The number of nitrogens with zero attached hydrogens (tertiary/aromatic N) is 1. The molecular weight excluding hydrogens is 145 g/mol. The molecule has 11 heavy (non-hydrogen) atoms. The van der Waals surface area contributed by atoms with Crippen molar-refractivity contribution in [2.75, 3.05) is 6.67 Å². The Balaban J connectivity index is 2.82. The average molecular weight is 153 g/mol. The molecule has 0 aromatic heterocycles. The van der Waals surface area contributed by atoms with Gasteiger partial charge in [0.25, 0.3) is 0 Å². The van der Waals surface area contributed by atoms with Crippen LogP contribution < -0.4 is 0 Å². The van der Waals surface area contributed by atoms with Gasteiger partial charge in [-0.1, -0.05) is 35.5 Å². The van der Waals surface area contributed by atoms with Crippen LogP contribution in [0.5, 0.6) is 0 Å². The summed E-state index contributed by atoms with van der Waals surface area (Å²) >= 11 is 0. The molecule has 1 unspecified atom stereocenters. The van der Waals surface area contributed by atoms with Crippen molar-refractivity contribution in [3.63, 3.8) is 0 Å². The molecule has 0 aliphatic heterocycles. The van der Waals surface area contributed by atoms with Gasteiger partial charge in [-0.15, -0.1) is 0 Å². The highest BCUT2D eigenvalue weighted by Crippen LogP contribution is 2.16. The molecule has 0 amide bonds. The maximum Gasteiger partial charge on any atom is 0.145 e. The molecule has 0 saturated carbocycles. The number of halogens is 1. The highest BCUT2D eigenvalue weighted by atomic mass is 19.1. The molecule has 0 aliphatic rings. The zero-order valence-corrected chi connectivity index (χ0v) is 5.90. The Hall–Kier alpha value is -1.25. The van der Waals surface area contributed by atoms with Gasteiger partial charge < -0.3 is 0 Å². The van der Waals surface area contributed by atoms with Crippen LogP contribution in [0.2, 0.25) is 0 Å². The van der Waals surface area contributed by atoms with Gasteiger partial charge in [0.1, 0.15) is 12.7 Å². The van der Waals surface area contributed by atoms with Crippen molar-refractivity contribution >= 4 is 0 Å². The van der Waals surface area contributed by atoms with Gasteiger partial charge in [0, 0.05) is 0 Å². The number of hydrogen-bond donors (Lipinski definition) is 0. The molecule has 0 aliphatic carbocycles. The van der Waals surface area contributed by atoms with E-state index in [2.05, 4.69) is 5.18 Å². The van der Waals surface area contributed by atoms with Crippen LogP contribution >= 0.6 is 0 Å². The van der Waals surface area contributed by atoms with E-state index in [4.69, 9.17) is 0 Å². The van der Waals surface area contributed by atoms with E-state index in [0.717, 1.165) is 0 Å². The first-order valence-electron chi connectivity index (χ1n) is 3.32. The van der Waals surface area contributed by atoms with E-state index in [9.17, 15) is 9.30 Å². The van der Waals surface area contributed by atoms with Crippen LogP contribution in [0.1, 0.15) is 11.6 Å². The molecule has 3 heteroatoms. The Kier molecular flexibility index (Phi) is 2.72. The molecule has 58 valence electrons. The summed E-state index contributed by atoms with van der Waals surface area (Å²) in [5, 5.41) is 2.65. The van der Waals surface area contributed by atoms with Crippen molar-refractivity contribution in [1.29, 1.82) is 0 Å². The summed E-state index contributed by atoms with van der Waals surface area (Å²) in [6.07, 6.45) is 0. The van der Waals surface area contributed by atoms with Crippen LogP contribution in [0, 0.1) is 4.91 Å². The van der Waals surface area contributed by atoms with Crippen LogP contribution in [-0.4, -0.2) is 6.67 Å². The quantitative estimate of drug-likeness (QED) is 0.613. The molecular formula is C8H8FNO. The normalized spacial score (nSPS) is 12.5. The lowest BCUT2D eigenvalue weighted by Gasteiger charge is -2.02. The zero-order chi connectivity index (χ0) is 8.10. The van der Waals surface area contributed by atoms with Gasteiger partial charge in [-0.2, -0.15) is 4.91 Å². The first kappa shape index (κ1) is 7.85. The lowest BCUT2D eigenvalue weighted by Crippen LogP contribution is -1.95. The average Bonchev–Trinajstić information content (AvgIpc) is 2.09. The predicted octanol–water partition coefficient (Wildman–Crippen LogP) is 2.46. The summed E-state index contributed by atoms with van der Waals surface area (Å²) in [4.78, 5) is 10.0. The SMILES string of the molecule is O=NC(CF)c1ccccc1. The van der Waals surface area contributed by atoms with Gasteiger partial charge in [-0.25, -0.2) is 4.39 Å². The van der Waals surface area contributed by atoms with Gasteiger partial charge in [0.15, 0.2) is 0 Å². The van der Waals surface area contributed by atoms with Crippen molar-refractivity contribution in [3.05, 3.63) is 40.8 Å². The second-order valence-corrected chi connectivity index (χ2v) is 2.19. The van der Waals surface area contributed by atoms with Gasteiger partial charge >= 0.3 is 0 Å². The standard InChI is InChI=1S/C8H8FNO/c9-6-8(10-11)7-4-2-1-3-5-7/h1-5,8H,6H2. The topological polar surface area (TPSA) is 29.4 Å². The van der Waals surface area contributed by atoms with Crippen LogP contribution in [-0.2, 0) is 0 Å². The molecule has 0 bridgehead atoms. The van der Waals surface area contributed by atoms with Crippen LogP contribution in [0.25, 0.3) is 0 Å². The van der Waals surface area contributed by atoms with Crippen LogP contribution in [0.15, 0.2) is 35.5 Å². The zero-order valence-electron chi connectivity index (χ0n) is 5.90. The van der Waals surface area contributed by atoms with Gasteiger partial charge in [-0.3, -0.25) is 0 Å². The van der Waals surface area contributed by atoms with Gasteiger partial charge in [0.05, 0.1) is 0 Å². The third-order valence-electron chi connectivity index (χ3n) is 1.46. The molecule has 0 fully saturated rings. The second kappa shape index (κ2) is 3.81. The maximum atomic E-state index is 12.0. The third kappa shape index (κ3) is 1.83. The van der Waals surface area contributed by atoms with Crippen LogP contribution in [0.3, 0.4) is 0 Å². The first-order chi connectivity index (χ1) is 5.38. The van der Waals surface area contributed by atoms with E-state index < -0.39 is 12.7 Å². The summed E-state index contributed by atoms with van der Waals surface area (Å²) < 4.78 is 12.0. The maximum absolute atomic E-state index is 12.0. The van der Waals surface area contributed by atoms with E-state index in [-0.39, 0.29) is 0 Å². The minimum absolute atomic E-state index is 0.630. The highest BCUT2D eigenvalue weighted by Gasteiger charge is 2.09. The van der Waals surface area contributed by atoms with E-state index in [0.29, 0.717) is 5.56 Å². The van der Waals surface area contributed by atoms with Gasteiger partial charge in [0.2, 0.25) is 0 Å². The molecule has 1 aromatic rings. The lowest BCUT2D eigenvalue weighted by atomic mass is 10.1. The molecule has 1 rings (SSSR count). The number of alkyl halides is 1. The molecule has 0 saturated heterocycles. The summed E-state index contributed by atoms with van der Waals surface area (Å²) in [7, 11) is 0. The minimum Gasteiger partial charge on any atom is -0.248 e. The van der Waals surface area contributed by atoms with Crippen molar-refractivity contribution in [3.8, 4) is 0 Å². The molecule has 0 heterocycles. The molecule has 0 spiro atoms. The number of nitroso groups, excluding NO2 is 1. The van der Waals surface area contributed by atoms with Gasteiger partial charge in [-0.05, 0) is 5.56 Å². The number of benzene rings is 1. The van der Waals surface area contributed by atoms with E-state index in [1.54, 1.807) is 24.3 Å². The summed E-state index contributed by atoms with van der Waals surface area (Å²) in [6, 6.07) is 7.85. The number of hydrogen-bond acceptors (Lipinski definition) is 2.